The third-order valence-electron chi connectivity index (χ3n) is 6.81. The molecular formula is C23H27FN4OS. The Morgan fingerprint density at radius 1 is 1.17 bits per heavy atom. The van der Waals surface area contributed by atoms with Crippen molar-refractivity contribution in [1.29, 1.82) is 0 Å². The van der Waals surface area contributed by atoms with Gasteiger partial charge < -0.3 is 10.2 Å². The molecule has 158 valence electrons. The highest BCUT2D eigenvalue weighted by Crippen LogP contribution is 2.39. The Labute approximate surface area is 179 Å². The van der Waals surface area contributed by atoms with Crippen LogP contribution in [0.5, 0.6) is 0 Å². The standard InChI is InChI=1S/C23H27FN4OS/c1-14-5-2-3-7-17(14)27-23(29)15-9-11-28(12-10-15)22-21-20(25-13-26-22)19-16(24)6-4-8-18(19)30-21/h4,6,8,13-15,17H,2-3,5,7,9-12H2,1H3,(H,27,29)/t14-,17+/m0/s1. The number of aromatic nitrogens is 2. The minimum absolute atomic E-state index is 0.0626. The van der Waals surface area contributed by atoms with Crippen molar-refractivity contribution in [2.75, 3.05) is 18.0 Å². The molecule has 1 saturated heterocycles. The second-order valence-corrected chi connectivity index (χ2v) is 9.78. The van der Waals surface area contributed by atoms with Gasteiger partial charge in [-0.1, -0.05) is 25.8 Å². The zero-order valence-corrected chi connectivity index (χ0v) is 18.1. The number of halogens is 1. The van der Waals surface area contributed by atoms with Gasteiger partial charge >= 0.3 is 0 Å². The van der Waals surface area contributed by atoms with Gasteiger partial charge in [-0.25, -0.2) is 14.4 Å². The Bertz CT molecular complexity index is 1080. The molecule has 1 aromatic carbocycles. The Balaban J connectivity index is 1.31. The van der Waals surface area contributed by atoms with Crippen molar-refractivity contribution in [2.24, 2.45) is 11.8 Å². The zero-order valence-electron chi connectivity index (χ0n) is 17.2. The van der Waals surface area contributed by atoms with E-state index < -0.39 is 0 Å². The van der Waals surface area contributed by atoms with Crippen LogP contribution < -0.4 is 10.2 Å². The lowest BCUT2D eigenvalue weighted by molar-refractivity contribution is -0.126. The molecule has 2 atom stereocenters. The van der Waals surface area contributed by atoms with E-state index in [0.717, 1.165) is 47.6 Å². The predicted molar refractivity (Wildman–Crippen MR) is 119 cm³/mol. The van der Waals surface area contributed by atoms with Gasteiger partial charge in [0, 0.05) is 29.7 Å². The summed E-state index contributed by atoms with van der Waals surface area (Å²) in [4.78, 5) is 24.0. The molecule has 0 radical (unpaired) electrons. The molecular weight excluding hydrogens is 399 g/mol. The van der Waals surface area contributed by atoms with Crippen LogP contribution in [0.4, 0.5) is 10.2 Å². The van der Waals surface area contributed by atoms with E-state index in [-0.39, 0.29) is 17.6 Å². The van der Waals surface area contributed by atoms with Crippen LogP contribution in [-0.2, 0) is 4.79 Å². The van der Waals surface area contributed by atoms with E-state index in [1.807, 2.05) is 6.07 Å². The second kappa shape index (κ2) is 8.10. The quantitative estimate of drug-likeness (QED) is 0.648. The van der Waals surface area contributed by atoms with Crippen LogP contribution in [-0.4, -0.2) is 35.0 Å². The Kier molecular flexibility index (Phi) is 5.31. The molecule has 3 heterocycles. The van der Waals surface area contributed by atoms with Crippen LogP contribution in [0.3, 0.4) is 0 Å². The lowest BCUT2D eigenvalue weighted by Gasteiger charge is -2.35. The van der Waals surface area contributed by atoms with Gasteiger partial charge in [-0.05, 0) is 43.7 Å². The van der Waals surface area contributed by atoms with Gasteiger partial charge in [-0.15, -0.1) is 11.3 Å². The van der Waals surface area contributed by atoms with E-state index in [1.165, 1.54) is 31.7 Å². The summed E-state index contributed by atoms with van der Waals surface area (Å²) in [6, 6.07) is 5.47. The number of benzene rings is 1. The summed E-state index contributed by atoms with van der Waals surface area (Å²) in [6.45, 7) is 3.81. The summed E-state index contributed by atoms with van der Waals surface area (Å²) >= 11 is 1.54. The fraction of sp³-hybridized carbons (Fsp3) is 0.522. The van der Waals surface area contributed by atoms with Crippen LogP contribution in [0.25, 0.3) is 20.3 Å². The average Bonchev–Trinajstić information content (AvgIpc) is 3.15. The molecule has 2 aromatic heterocycles. The molecule has 0 unspecified atom stereocenters. The van der Waals surface area contributed by atoms with Crippen molar-refractivity contribution in [2.45, 2.75) is 51.5 Å². The highest BCUT2D eigenvalue weighted by Gasteiger charge is 2.30. The molecule has 1 aliphatic carbocycles. The summed E-state index contributed by atoms with van der Waals surface area (Å²) in [5.41, 5.74) is 0.684. The van der Waals surface area contributed by atoms with E-state index >= 15 is 0 Å². The molecule has 5 rings (SSSR count). The molecule has 3 aromatic rings. The Morgan fingerprint density at radius 2 is 1.97 bits per heavy atom. The van der Waals surface area contributed by atoms with Gasteiger partial charge in [0.2, 0.25) is 5.91 Å². The van der Waals surface area contributed by atoms with Crippen LogP contribution in [0.2, 0.25) is 0 Å². The number of hydrogen-bond acceptors (Lipinski definition) is 5. The number of fused-ring (bicyclic) bond motifs is 3. The lowest BCUT2D eigenvalue weighted by Crippen LogP contribution is -2.46. The van der Waals surface area contributed by atoms with E-state index in [1.54, 1.807) is 17.4 Å². The first kappa shape index (κ1) is 19.7. The van der Waals surface area contributed by atoms with Crippen LogP contribution in [0.15, 0.2) is 24.5 Å². The van der Waals surface area contributed by atoms with Crippen molar-refractivity contribution >= 4 is 43.4 Å². The maximum atomic E-state index is 14.4. The maximum absolute atomic E-state index is 14.4. The molecule has 2 fully saturated rings. The van der Waals surface area contributed by atoms with Crippen molar-refractivity contribution in [1.82, 2.24) is 15.3 Å². The number of thiophene rings is 1. The minimum Gasteiger partial charge on any atom is -0.355 e. The van der Waals surface area contributed by atoms with E-state index in [4.69, 9.17) is 0 Å². The molecule has 1 aliphatic heterocycles. The number of hydrogen-bond donors (Lipinski definition) is 1. The Morgan fingerprint density at radius 3 is 2.77 bits per heavy atom. The van der Waals surface area contributed by atoms with Crippen molar-refractivity contribution in [3.05, 3.63) is 30.3 Å². The minimum atomic E-state index is -0.240. The molecule has 1 amide bonds. The molecule has 0 spiro atoms. The molecule has 30 heavy (non-hydrogen) atoms. The third-order valence-corrected chi connectivity index (χ3v) is 7.95. The van der Waals surface area contributed by atoms with E-state index in [0.29, 0.717) is 22.9 Å². The van der Waals surface area contributed by atoms with Crippen LogP contribution >= 0.6 is 11.3 Å². The summed E-state index contributed by atoms with van der Waals surface area (Å²) in [5.74, 6) is 1.47. The molecule has 1 saturated carbocycles. The lowest BCUT2D eigenvalue weighted by atomic mass is 9.85. The number of amides is 1. The number of carbonyl (C=O) groups is 1. The van der Waals surface area contributed by atoms with Crippen LogP contribution in [0.1, 0.15) is 45.4 Å². The van der Waals surface area contributed by atoms with Gasteiger partial charge in [0.1, 0.15) is 18.0 Å². The smallest absolute Gasteiger partial charge is 0.223 e. The number of anilines is 1. The van der Waals surface area contributed by atoms with Crippen molar-refractivity contribution < 1.29 is 9.18 Å². The monoisotopic (exact) mass is 426 g/mol. The number of carbonyl (C=O) groups excluding carboxylic acids is 1. The number of rotatable bonds is 3. The number of nitrogens with one attached hydrogen (secondary N) is 1. The van der Waals surface area contributed by atoms with Gasteiger partial charge in [0.25, 0.3) is 0 Å². The van der Waals surface area contributed by atoms with Crippen LogP contribution in [0, 0.1) is 17.7 Å². The summed E-state index contributed by atoms with van der Waals surface area (Å²) in [7, 11) is 0. The zero-order chi connectivity index (χ0) is 20.7. The van der Waals surface area contributed by atoms with E-state index in [9.17, 15) is 9.18 Å². The van der Waals surface area contributed by atoms with Crippen molar-refractivity contribution in [3.8, 4) is 0 Å². The fourth-order valence-electron chi connectivity index (χ4n) is 4.98. The molecule has 1 N–H and O–H groups in total. The summed E-state index contributed by atoms with van der Waals surface area (Å²) in [6.07, 6.45) is 7.97. The first-order valence-corrected chi connectivity index (χ1v) is 11.8. The molecule has 0 bridgehead atoms. The number of nitrogens with zero attached hydrogens (tertiary/aromatic N) is 3. The van der Waals surface area contributed by atoms with Gasteiger partial charge in [-0.2, -0.15) is 0 Å². The molecule has 2 aliphatic rings. The summed E-state index contributed by atoms with van der Waals surface area (Å²) in [5, 5.41) is 3.90. The largest absolute Gasteiger partial charge is 0.355 e. The normalized spacial score (nSPS) is 23.2. The SMILES string of the molecule is C[C@H]1CCCC[C@H]1NC(=O)C1CCN(c2ncnc3c2sc2cccc(F)c23)CC1. The van der Waals surface area contributed by atoms with Gasteiger partial charge in [-0.3, -0.25) is 4.79 Å². The average molecular weight is 427 g/mol. The first-order valence-electron chi connectivity index (χ1n) is 11.0. The highest BCUT2D eigenvalue weighted by atomic mass is 32.1. The Hall–Kier alpha value is -2.28. The van der Waals surface area contributed by atoms with E-state index in [2.05, 4.69) is 27.1 Å². The molecule has 7 heteroatoms. The third kappa shape index (κ3) is 3.53. The summed E-state index contributed by atoms with van der Waals surface area (Å²) < 4.78 is 16.2. The first-order chi connectivity index (χ1) is 14.6. The molecule has 5 nitrogen and oxygen atoms in total. The number of piperidine rings is 1. The maximum Gasteiger partial charge on any atom is 0.223 e. The van der Waals surface area contributed by atoms with Gasteiger partial charge in [0.05, 0.1) is 15.6 Å². The highest BCUT2D eigenvalue weighted by molar-refractivity contribution is 7.26. The van der Waals surface area contributed by atoms with Crippen molar-refractivity contribution in [3.63, 3.8) is 0 Å². The second-order valence-electron chi connectivity index (χ2n) is 8.73. The predicted octanol–water partition coefficient (Wildman–Crippen LogP) is 4.89. The van der Waals surface area contributed by atoms with Gasteiger partial charge in [0.15, 0.2) is 0 Å². The topological polar surface area (TPSA) is 58.1 Å². The fourth-order valence-corrected chi connectivity index (χ4v) is 6.16.